The van der Waals surface area contributed by atoms with Gasteiger partial charge in [0.2, 0.25) is 11.8 Å². The van der Waals surface area contributed by atoms with Crippen LogP contribution in [0.15, 0.2) is 71.6 Å². The summed E-state index contributed by atoms with van der Waals surface area (Å²) in [5, 5.41) is 14.6. The normalized spacial score (nSPS) is 12.6. The molecule has 2 amide bonds. The zero-order valence-electron chi connectivity index (χ0n) is 25.9. The van der Waals surface area contributed by atoms with E-state index in [2.05, 4.69) is 5.32 Å². The molecule has 0 radical (unpaired) electrons. The van der Waals surface area contributed by atoms with Crippen LogP contribution < -0.4 is 14.4 Å². The Hall–Kier alpha value is -4.45. The third-order valence-corrected chi connectivity index (χ3v) is 9.23. The predicted octanol–water partition coefficient (Wildman–Crippen LogP) is 5.14. The fourth-order valence-corrected chi connectivity index (χ4v) is 6.04. The third-order valence-electron chi connectivity index (χ3n) is 7.47. The van der Waals surface area contributed by atoms with E-state index in [9.17, 15) is 28.1 Å². The average molecular weight is 625 g/mol. The SMILES string of the molecule is CCC(C)NC(=O)C(CC)N(Cc1ccc(C)cc1)C(=O)CN(c1ccc(OC)cc1)S(=O)(=O)c1ccc(C)c([N+](=O)[O-])c1. The molecule has 3 aromatic carbocycles. The highest BCUT2D eigenvalue weighted by atomic mass is 32.2. The molecule has 0 heterocycles. The van der Waals surface area contributed by atoms with Gasteiger partial charge in [-0.25, -0.2) is 8.42 Å². The van der Waals surface area contributed by atoms with E-state index in [1.807, 2.05) is 45.0 Å². The van der Waals surface area contributed by atoms with Gasteiger partial charge >= 0.3 is 0 Å². The number of nitro benzene ring substituents is 1. The summed E-state index contributed by atoms with van der Waals surface area (Å²) in [5.74, 6) is -0.481. The maximum Gasteiger partial charge on any atom is 0.273 e. The number of aryl methyl sites for hydroxylation is 2. The molecule has 0 bridgehead atoms. The van der Waals surface area contributed by atoms with Crippen LogP contribution in [0.1, 0.15) is 50.3 Å². The van der Waals surface area contributed by atoms with Crippen LogP contribution in [0.3, 0.4) is 0 Å². The molecule has 0 aliphatic rings. The van der Waals surface area contributed by atoms with Crippen molar-refractivity contribution >= 4 is 33.2 Å². The first-order chi connectivity index (χ1) is 20.8. The molecule has 0 saturated heterocycles. The molecule has 2 unspecified atom stereocenters. The minimum atomic E-state index is -4.49. The van der Waals surface area contributed by atoms with Crippen molar-refractivity contribution < 1.29 is 27.7 Å². The summed E-state index contributed by atoms with van der Waals surface area (Å²) in [6, 6.07) is 16.2. The molecule has 0 aromatic heterocycles. The Morgan fingerprint density at radius 1 is 0.977 bits per heavy atom. The Morgan fingerprint density at radius 2 is 1.61 bits per heavy atom. The van der Waals surface area contributed by atoms with Gasteiger partial charge in [-0.2, -0.15) is 0 Å². The van der Waals surface area contributed by atoms with Crippen LogP contribution >= 0.6 is 0 Å². The van der Waals surface area contributed by atoms with E-state index >= 15 is 0 Å². The maximum absolute atomic E-state index is 14.2. The van der Waals surface area contributed by atoms with Gasteiger partial charge in [-0.05, 0) is 69.5 Å². The number of carbonyl (C=O) groups excluding carboxylic acids is 2. The van der Waals surface area contributed by atoms with Crippen LogP contribution in [0.4, 0.5) is 11.4 Å². The quantitative estimate of drug-likeness (QED) is 0.194. The summed E-state index contributed by atoms with van der Waals surface area (Å²) < 4.78 is 34.3. The van der Waals surface area contributed by atoms with Crippen molar-refractivity contribution in [3.05, 3.63) is 93.5 Å². The van der Waals surface area contributed by atoms with Crippen molar-refractivity contribution in [1.29, 1.82) is 0 Å². The molecular weight excluding hydrogens is 584 g/mol. The van der Waals surface area contributed by atoms with Crippen LogP contribution in [0.25, 0.3) is 0 Å². The third kappa shape index (κ3) is 8.13. The molecule has 0 spiro atoms. The van der Waals surface area contributed by atoms with Gasteiger partial charge in [-0.3, -0.25) is 24.0 Å². The molecule has 1 N–H and O–H groups in total. The second-order valence-electron chi connectivity index (χ2n) is 10.7. The Bertz CT molecular complexity index is 1580. The highest BCUT2D eigenvalue weighted by Crippen LogP contribution is 2.29. The number of carbonyl (C=O) groups is 2. The Kier molecular flexibility index (Phi) is 11.5. The van der Waals surface area contributed by atoms with E-state index in [4.69, 9.17) is 4.74 Å². The molecule has 236 valence electrons. The highest BCUT2D eigenvalue weighted by Gasteiger charge is 2.34. The smallest absolute Gasteiger partial charge is 0.273 e. The number of rotatable bonds is 14. The lowest BCUT2D eigenvalue weighted by Gasteiger charge is -2.33. The lowest BCUT2D eigenvalue weighted by atomic mass is 10.1. The number of hydrogen-bond acceptors (Lipinski definition) is 7. The van der Waals surface area contributed by atoms with E-state index in [1.54, 1.807) is 19.1 Å². The second-order valence-corrected chi connectivity index (χ2v) is 12.5. The fraction of sp³-hybridized carbons (Fsp3) is 0.375. The number of amides is 2. The number of benzene rings is 3. The number of sulfonamides is 1. The number of nitrogens with zero attached hydrogens (tertiary/aromatic N) is 3. The molecule has 3 rings (SSSR count). The number of hydrogen-bond donors (Lipinski definition) is 1. The first-order valence-electron chi connectivity index (χ1n) is 14.4. The van der Waals surface area contributed by atoms with Gasteiger partial charge in [0.25, 0.3) is 15.7 Å². The van der Waals surface area contributed by atoms with Crippen molar-refractivity contribution in [2.75, 3.05) is 18.0 Å². The Balaban J connectivity index is 2.11. The topological polar surface area (TPSA) is 139 Å². The first kappa shape index (κ1) is 34.0. The van der Waals surface area contributed by atoms with Gasteiger partial charge in [-0.1, -0.05) is 49.7 Å². The second kappa shape index (κ2) is 14.8. The molecule has 3 aromatic rings. The van der Waals surface area contributed by atoms with Gasteiger partial charge < -0.3 is 15.0 Å². The molecule has 44 heavy (non-hydrogen) atoms. The molecule has 0 fully saturated rings. The number of ether oxygens (including phenoxy) is 1. The molecule has 2 atom stereocenters. The predicted molar refractivity (Wildman–Crippen MR) is 169 cm³/mol. The minimum absolute atomic E-state index is 0.0675. The van der Waals surface area contributed by atoms with Crippen molar-refractivity contribution in [2.24, 2.45) is 0 Å². The van der Waals surface area contributed by atoms with E-state index in [0.29, 0.717) is 24.2 Å². The number of nitro groups is 1. The average Bonchev–Trinajstić information content (AvgIpc) is 3.00. The Morgan fingerprint density at radius 3 is 2.16 bits per heavy atom. The molecule has 11 nitrogen and oxygen atoms in total. The summed E-state index contributed by atoms with van der Waals surface area (Å²) in [6.45, 7) is 8.46. The van der Waals surface area contributed by atoms with Crippen molar-refractivity contribution in [3.63, 3.8) is 0 Å². The number of anilines is 1. The highest BCUT2D eigenvalue weighted by molar-refractivity contribution is 7.92. The van der Waals surface area contributed by atoms with E-state index < -0.39 is 33.4 Å². The summed E-state index contributed by atoms with van der Waals surface area (Å²) in [4.78, 5) is 39.6. The maximum atomic E-state index is 14.2. The summed E-state index contributed by atoms with van der Waals surface area (Å²) in [6.07, 6.45) is 0.986. The van der Waals surface area contributed by atoms with Crippen molar-refractivity contribution in [3.8, 4) is 5.75 Å². The van der Waals surface area contributed by atoms with Gasteiger partial charge in [0.1, 0.15) is 18.3 Å². The van der Waals surface area contributed by atoms with E-state index in [0.717, 1.165) is 21.5 Å². The largest absolute Gasteiger partial charge is 0.497 e. The molecule has 0 saturated carbocycles. The monoisotopic (exact) mass is 624 g/mol. The summed E-state index contributed by atoms with van der Waals surface area (Å²) in [5.41, 5.74) is 1.88. The van der Waals surface area contributed by atoms with Gasteiger partial charge in [0.15, 0.2) is 0 Å². The van der Waals surface area contributed by atoms with Crippen molar-refractivity contribution in [1.82, 2.24) is 10.2 Å². The van der Waals surface area contributed by atoms with Crippen molar-refractivity contribution in [2.45, 2.75) is 71.0 Å². The Labute approximate surface area is 259 Å². The van der Waals surface area contributed by atoms with Crippen LogP contribution in [-0.2, 0) is 26.2 Å². The zero-order chi connectivity index (χ0) is 32.6. The van der Waals surface area contributed by atoms with Crippen LogP contribution in [0, 0.1) is 24.0 Å². The lowest BCUT2D eigenvalue weighted by molar-refractivity contribution is -0.385. The van der Waals surface area contributed by atoms with Gasteiger partial charge in [-0.15, -0.1) is 0 Å². The zero-order valence-corrected chi connectivity index (χ0v) is 26.8. The number of nitrogens with one attached hydrogen (secondary N) is 1. The molecule has 0 aliphatic heterocycles. The molecular formula is C32H40N4O7S. The number of methoxy groups -OCH3 is 1. The minimum Gasteiger partial charge on any atom is -0.497 e. The van der Waals surface area contributed by atoms with Gasteiger partial charge in [0, 0.05) is 24.2 Å². The van der Waals surface area contributed by atoms with E-state index in [-0.39, 0.29) is 34.8 Å². The standard InChI is InChI=1S/C32H40N4O7S/c1-7-24(5)33-32(38)29(8-2)34(20-25-12-9-22(3)10-13-25)31(37)21-35(26-14-16-27(43-6)17-15-26)44(41,42)28-18-11-23(4)30(19-28)36(39)40/h9-19,24,29H,7-8,20-21H2,1-6H3,(H,33,38). The molecule has 0 aliphatic carbocycles. The van der Waals surface area contributed by atoms with Gasteiger partial charge in [0.05, 0.1) is 22.6 Å². The summed E-state index contributed by atoms with van der Waals surface area (Å²) >= 11 is 0. The fourth-order valence-electron chi connectivity index (χ4n) is 4.60. The van der Waals surface area contributed by atoms with E-state index in [1.165, 1.54) is 43.2 Å². The van der Waals surface area contributed by atoms with Crippen LogP contribution in [0.5, 0.6) is 5.75 Å². The first-order valence-corrected chi connectivity index (χ1v) is 15.8. The van der Waals surface area contributed by atoms with Crippen LogP contribution in [0.2, 0.25) is 0 Å². The lowest BCUT2D eigenvalue weighted by Crippen LogP contribution is -2.53. The summed E-state index contributed by atoms with van der Waals surface area (Å²) in [7, 11) is -3.02. The molecule has 12 heteroatoms. The van der Waals surface area contributed by atoms with Crippen LogP contribution in [-0.4, -0.2) is 55.8 Å².